The molecule has 0 saturated carbocycles. The number of benzene rings is 1. The van der Waals surface area contributed by atoms with Crippen LogP contribution in [0, 0.1) is 18.3 Å². The molecule has 1 fully saturated rings. The number of hydrogen-bond donors (Lipinski definition) is 0. The molecule has 0 bridgehead atoms. The number of pyridine rings is 1. The summed E-state index contributed by atoms with van der Waals surface area (Å²) in [6, 6.07) is 9.81. The Labute approximate surface area is 181 Å². The van der Waals surface area contributed by atoms with E-state index in [0.29, 0.717) is 30.9 Å². The standard InChI is InChI=1S/C21H24N6O3S/c1-15-12-16(17-13-19-21(18(14-22)23-17)24-25-26(19)2)4-5-20(15)30-9-3-6-27-7-10-31(28,29)11-8-27/h4-5,12-13H,3,6-11H2,1-2H3. The normalized spacial score (nSPS) is 16.3. The van der Waals surface area contributed by atoms with E-state index in [1.165, 1.54) is 0 Å². The van der Waals surface area contributed by atoms with Gasteiger partial charge in [0.05, 0.1) is 29.3 Å². The number of nitrogens with zero attached hydrogens (tertiary/aromatic N) is 6. The first-order valence-electron chi connectivity index (χ1n) is 10.1. The summed E-state index contributed by atoms with van der Waals surface area (Å²) in [6.45, 7) is 4.57. The molecule has 1 aromatic carbocycles. The van der Waals surface area contributed by atoms with Crippen LogP contribution in [0.1, 0.15) is 17.7 Å². The van der Waals surface area contributed by atoms with E-state index >= 15 is 0 Å². The topological polar surface area (TPSA) is 114 Å². The molecule has 1 aliphatic heterocycles. The van der Waals surface area contributed by atoms with Crippen LogP contribution < -0.4 is 4.74 Å². The Morgan fingerprint density at radius 3 is 2.71 bits per heavy atom. The molecular weight excluding hydrogens is 416 g/mol. The molecule has 9 nitrogen and oxygen atoms in total. The fraction of sp³-hybridized carbons (Fsp3) is 0.429. The molecule has 0 spiro atoms. The molecule has 1 aliphatic rings. The van der Waals surface area contributed by atoms with Crippen molar-refractivity contribution >= 4 is 20.9 Å². The first kappa shape index (κ1) is 21.2. The molecule has 3 heterocycles. The van der Waals surface area contributed by atoms with Gasteiger partial charge in [0.2, 0.25) is 0 Å². The van der Waals surface area contributed by atoms with E-state index in [2.05, 4.69) is 26.3 Å². The van der Waals surface area contributed by atoms with E-state index in [0.717, 1.165) is 35.4 Å². The van der Waals surface area contributed by atoms with Gasteiger partial charge < -0.3 is 9.64 Å². The molecule has 2 aromatic heterocycles. The van der Waals surface area contributed by atoms with Crippen LogP contribution in [0.25, 0.3) is 22.3 Å². The van der Waals surface area contributed by atoms with Crippen molar-refractivity contribution in [3.8, 4) is 23.1 Å². The number of ether oxygens (including phenoxy) is 1. The van der Waals surface area contributed by atoms with E-state index in [9.17, 15) is 13.7 Å². The first-order chi connectivity index (χ1) is 14.9. The van der Waals surface area contributed by atoms with Crippen LogP contribution in [0.15, 0.2) is 24.3 Å². The molecule has 162 valence electrons. The predicted molar refractivity (Wildman–Crippen MR) is 116 cm³/mol. The maximum absolute atomic E-state index is 11.5. The molecule has 10 heteroatoms. The second kappa shape index (κ2) is 8.61. The number of sulfone groups is 1. The van der Waals surface area contributed by atoms with E-state index in [1.54, 1.807) is 11.7 Å². The van der Waals surface area contributed by atoms with Crippen molar-refractivity contribution in [2.45, 2.75) is 13.3 Å². The van der Waals surface area contributed by atoms with Crippen molar-refractivity contribution in [3.05, 3.63) is 35.5 Å². The third kappa shape index (κ3) is 4.68. The van der Waals surface area contributed by atoms with Crippen molar-refractivity contribution in [2.24, 2.45) is 7.05 Å². The summed E-state index contributed by atoms with van der Waals surface area (Å²) in [5.41, 5.74) is 4.05. The molecule has 3 aromatic rings. The van der Waals surface area contributed by atoms with Crippen LogP contribution in [-0.2, 0) is 16.9 Å². The zero-order chi connectivity index (χ0) is 22.0. The molecule has 0 radical (unpaired) electrons. The van der Waals surface area contributed by atoms with Crippen molar-refractivity contribution in [3.63, 3.8) is 0 Å². The van der Waals surface area contributed by atoms with Gasteiger partial charge in [0.15, 0.2) is 15.5 Å². The van der Waals surface area contributed by atoms with Crippen molar-refractivity contribution in [2.75, 3.05) is 37.7 Å². The summed E-state index contributed by atoms with van der Waals surface area (Å²) < 4.78 is 30.6. The van der Waals surface area contributed by atoms with Gasteiger partial charge in [0, 0.05) is 32.2 Å². The van der Waals surface area contributed by atoms with Crippen LogP contribution >= 0.6 is 0 Å². The minimum absolute atomic E-state index is 0.247. The molecule has 0 aliphatic carbocycles. The molecule has 0 unspecified atom stereocenters. The van der Waals surface area contributed by atoms with Gasteiger partial charge in [-0.3, -0.25) is 0 Å². The Kier molecular flexibility index (Phi) is 5.89. The number of rotatable bonds is 6. The molecule has 1 saturated heterocycles. The molecule has 0 amide bonds. The van der Waals surface area contributed by atoms with E-state index in [1.807, 2.05) is 31.2 Å². The minimum Gasteiger partial charge on any atom is -0.493 e. The highest BCUT2D eigenvalue weighted by Crippen LogP contribution is 2.28. The zero-order valence-corrected chi connectivity index (χ0v) is 18.4. The van der Waals surface area contributed by atoms with Crippen LogP contribution in [-0.4, -0.2) is 71.0 Å². The van der Waals surface area contributed by atoms with Crippen molar-refractivity contribution in [1.82, 2.24) is 24.9 Å². The van der Waals surface area contributed by atoms with E-state index in [-0.39, 0.29) is 17.2 Å². The fourth-order valence-electron chi connectivity index (χ4n) is 3.67. The Morgan fingerprint density at radius 1 is 1.23 bits per heavy atom. The highest BCUT2D eigenvalue weighted by molar-refractivity contribution is 7.91. The molecular formula is C21H24N6O3S. The molecule has 31 heavy (non-hydrogen) atoms. The molecule has 4 rings (SSSR count). The van der Waals surface area contributed by atoms with E-state index < -0.39 is 9.84 Å². The Bertz CT molecular complexity index is 1250. The van der Waals surface area contributed by atoms with Gasteiger partial charge >= 0.3 is 0 Å². The lowest BCUT2D eigenvalue weighted by Crippen LogP contribution is -2.40. The fourth-order valence-corrected chi connectivity index (χ4v) is 4.95. The second-order valence-electron chi connectivity index (χ2n) is 7.72. The zero-order valence-electron chi connectivity index (χ0n) is 17.6. The largest absolute Gasteiger partial charge is 0.493 e. The third-order valence-electron chi connectivity index (χ3n) is 5.49. The lowest BCUT2D eigenvalue weighted by atomic mass is 10.1. The van der Waals surface area contributed by atoms with Gasteiger partial charge in [-0.25, -0.2) is 18.1 Å². The van der Waals surface area contributed by atoms with Gasteiger partial charge in [-0.2, -0.15) is 5.26 Å². The second-order valence-corrected chi connectivity index (χ2v) is 10.0. The van der Waals surface area contributed by atoms with Gasteiger partial charge in [0.1, 0.15) is 17.3 Å². The summed E-state index contributed by atoms with van der Waals surface area (Å²) in [4.78, 5) is 6.61. The average Bonchev–Trinajstić information content (AvgIpc) is 3.13. The molecule has 0 atom stereocenters. The number of nitriles is 1. The Balaban J connectivity index is 1.40. The van der Waals surface area contributed by atoms with Gasteiger partial charge in [-0.15, -0.1) is 5.10 Å². The van der Waals surface area contributed by atoms with Gasteiger partial charge in [-0.1, -0.05) is 5.21 Å². The summed E-state index contributed by atoms with van der Waals surface area (Å²) in [5, 5.41) is 17.4. The van der Waals surface area contributed by atoms with Crippen molar-refractivity contribution in [1.29, 1.82) is 5.26 Å². The summed E-state index contributed by atoms with van der Waals surface area (Å²) in [6.07, 6.45) is 0.832. The smallest absolute Gasteiger partial charge is 0.170 e. The maximum atomic E-state index is 11.5. The average molecular weight is 441 g/mol. The summed E-state index contributed by atoms with van der Waals surface area (Å²) >= 11 is 0. The number of hydrogen-bond acceptors (Lipinski definition) is 8. The Morgan fingerprint density at radius 2 is 2.00 bits per heavy atom. The van der Waals surface area contributed by atoms with Crippen LogP contribution in [0.2, 0.25) is 0 Å². The quantitative estimate of drug-likeness (QED) is 0.532. The van der Waals surface area contributed by atoms with Gasteiger partial charge in [-0.05, 0) is 43.2 Å². The Hall–Kier alpha value is -3.03. The maximum Gasteiger partial charge on any atom is 0.170 e. The number of aryl methyl sites for hydroxylation is 2. The monoisotopic (exact) mass is 440 g/mol. The highest BCUT2D eigenvalue weighted by Gasteiger charge is 2.21. The van der Waals surface area contributed by atoms with Crippen LogP contribution in [0.5, 0.6) is 5.75 Å². The van der Waals surface area contributed by atoms with Crippen LogP contribution in [0.3, 0.4) is 0 Å². The summed E-state index contributed by atoms with van der Waals surface area (Å²) in [7, 11) is -1.06. The summed E-state index contributed by atoms with van der Waals surface area (Å²) in [5.74, 6) is 1.29. The van der Waals surface area contributed by atoms with Gasteiger partial charge in [0.25, 0.3) is 0 Å². The predicted octanol–water partition coefficient (Wildman–Crippen LogP) is 1.71. The number of aromatic nitrogens is 4. The SMILES string of the molecule is Cc1cc(-c2cc3c(nnn3C)c(C#N)n2)ccc1OCCCN1CCS(=O)(=O)CC1. The number of fused-ring (bicyclic) bond motifs is 1. The molecule has 0 N–H and O–H groups in total. The highest BCUT2D eigenvalue weighted by atomic mass is 32.2. The lowest BCUT2D eigenvalue weighted by molar-refractivity contribution is 0.245. The lowest BCUT2D eigenvalue weighted by Gasteiger charge is -2.26. The van der Waals surface area contributed by atoms with Crippen molar-refractivity contribution < 1.29 is 13.2 Å². The van der Waals surface area contributed by atoms with Crippen LogP contribution in [0.4, 0.5) is 0 Å². The third-order valence-corrected chi connectivity index (χ3v) is 7.10. The first-order valence-corrected chi connectivity index (χ1v) is 12.0. The minimum atomic E-state index is -2.84. The van der Waals surface area contributed by atoms with E-state index in [4.69, 9.17) is 4.74 Å².